The van der Waals surface area contributed by atoms with Gasteiger partial charge in [-0.25, -0.2) is 0 Å². The molecule has 0 spiro atoms. The molecule has 8 N–H and O–H groups in total. The second kappa shape index (κ2) is 11.7. The number of carbonyl (C=O) groups excluding carboxylic acids is 4. The summed E-state index contributed by atoms with van der Waals surface area (Å²) in [5.74, 6) is -10.3. The lowest BCUT2D eigenvalue weighted by Crippen LogP contribution is -2.68. The van der Waals surface area contributed by atoms with E-state index in [1.807, 2.05) is 30.3 Å². The second-order valence-corrected chi connectivity index (χ2v) is 12.6. The van der Waals surface area contributed by atoms with E-state index < -0.39 is 93.3 Å². The van der Waals surface area contributed by atoms with Gasteiger partial charge in [0.05, 0.1) is 35.4 Å². The van der Waals surface area contributed by atoms with Crippen LogP contribution in [0, 0.1) is 11.8 Å². The molecule has 2 aromatic carbocycles. The number of fused-ring (bicyclic) bond motifs is 3. The zero-order chi connectivity index (χ0) is 34.0. The molecule has 0 aliphatic heterocycles. The van der Waals surface area contributed by atoms with Crippen LogP contribution in [0.5, 0.6) is 5.75 Å². The molecule has 13 heteroatoms. The number of aliphatic hydroxyl groups is 4. The van der Waals surface area contributed by atoms with Crippen molar-refractivity contribution in [3.05, 3.63) is 81.8 Å². The smallest absolute Gasteiger partial charge is 0.255 e. The molecular formula is C33H38N4O9. The van der Waals surface area contributed by atoms with E-state index in [2.05, 4.69) is 5.32 Å². The molecule has 2 amide bonds. The Bertz CT molecular complexity index is 1700. The van der Waals surface area contributed by atoms with E-state index in [4.69, 9.17) is 5.73 Å². The lowest BCUT2D eigenvalue weighted by molar-refractivity contribution is -0.162. The van der Waals surface area contributed by atoms with E-state index >= 15 is 0 Å². The average Bonchev–Trinajstić information content (AvgIpc) is 2.98. The van der Waals surface area contributed by atoms with Crippen molar-refractivity contribution in [3.8, 4) is 5.75 Å². The van der Waals surface area contributed by atoms with Crippen LogP contribution >= 0.6 is 0 Å². The highest BCUT2D eigenvalue weighted by Crippen LogP contribution is 2.56. The van der Waals surface area contributed by atoms with Crippen LogP contribution in [0.1, 0.15) is 34.3 Å². The van der Waals surface area contributed by atoms with Crippen LogP contribution < -0.4 is 11.1 Å². The molecule has 5 rings (SSSR count). The number of ketones is 2. The van der Waals surface area contributed by atoms with Crippen molar-refractivity contribution in [2.24, 2.45) is 17.6 Å². The van der Waals surface area contributed by atoms with Gasteiger partial charge in [-0.05, 0) is 57.7 Å². The molecule has 0 saturated heterocycles. The summed E-state index contributed by atoms with van der Waals surface area (Å²) in [5, 5.41) is 60.2. The first kappa shape index (κ1) is 32.8. The number of phenolic OH excluding ortho intramolecular Hbond substituents is 1. The molecular weight excluding hydrogens is 596 g/mol. The predicted molar refractivity (Wildman–Crippen MR) is 166 cm³/mol. The van der Waals surface area contributed by atoms with E-state index in [1.54, 1.807) is 25.9 Å². The summed E-state index contributed by atoms with van der Waals surface area (Å²) in [7, 11) is 6.41. The average molecular weight is 635 g/mol. The number of likely N-dealkylation sites (N-methyl/N-ethyl adjacent to an activating group) is 2. The van der Waals surface area contributed by atoms with Crippen LogP contribution in [0.2, 0.25) is 0 Å². The molecule has 0 fully saturated rings. The quantitative estimate of drug-likeness (QED) is 0.167. The van der Waals surface area contributed by atoms with Crippen molar-refractivity contribution in [2.75, 3.05) is 33.5 Å². The molecule has 0 saturated carbocycles. The van der Waals surface area contributed by atoms with Crippen LogP contribution in [0.15, 0.2) is 65.1 Å². The van der Waals surface area contributed by atoms with Crippen LogP contribution in [0.25, 0.3) is 0 Å². The first-order valence-electron chi connectivity index (χ1n) is 14.8. The summed E-state index contributed by atoms with van der Waals surface area (Å²) in [6.07, 6.45) is -1.34. The van der Waals surface area contributed by atoms with E-state index in [0.717, 1.165) is 5.56 Å². The fraction of sp³-hybridized carbons (Fsp3) is 0.394. The van der Waals surface area contributed by atoms with Crippen molar-refractivity contribution in [1.29, 1.82) is 0 Å². The monoisotopic (exact) mass is 634 g/mol. The van der Waals surface area contributed by atoms with Gasteiger partial charge in [-0.1, -0.05) is 43.3 Å². The number of amides is 2. The number of nitrogens with two attached hydrogens (primary N) is 1. The fourth-order valence-corrected chi connectivity index (χ4v) is 7.29. The Kier molecular flexibility index (Phi) is 8.32. The highest BCUT2D eigenvalue weighted by atomic mass is 16.4. The Balaban J connectivity index is 1.60. The van der Waals surface area contributed by atoms with Crippen LogP contribution in [0.3, 0.4) is 0 Å². The van der Waals surface area contributed by atoms with Gasteiger partial charge in [-0.3, -0.25) is 29.0 Å². The molecule has 2 aromatic rings. The molecule has 0 heterocycles. The summed E-state index contributed by atoms with van der Waals surface area (Å²) in [4.78, 5) is 56.4. The number of primary amides is 1. The van der Waals surface area contributed by atoms with E-state index in [1.165, 1.54) is 31.1 Å². The molecule has 0 aromatic heterocycles. The van der Waals surface area contributed by atoms with Gasteiger partial charge >= 0.3 is 0 Å². The Morgan fingerprint density at radius 3 is 2.22 bits per heavy atom. The van der Waals surface area contributed by atoms with Gasteiger partial charge < -0.3 is 36.6 Å². The predicted octanol–water partition coefficient (Wildman–Crippen LogP) is 0.764. The van der Waals surface area contributed by atoms with E-state index in [9.17, 15) is 44.7 Å². The van der Waals surface area contributed by atoms with Gasteiger partial charge in [0.25, 0.3) is 5.91 Å². The lowest BCUT2D eigenvalue weighted by Gasteiger charge is -2.53. The van der Waals surface area contributed by atoms with Crippen LogP contribution in [-0.4, -0.2) is 111 Å². The van der Waals surface area contributed by atoms with Crippen molar-refractivity contribution < 1.29 is 44.7 Å². The molecule has 244 valence electrons. The van der Waals surface area contributed by atoms with Gasteiger partial charge in [0.2, 0.25) is 11.7 Å². The molecule has 7 atom stereocenters. The maximum atomic E-state index is 14.1. The maximum absolute atomic E-state index is 14.1. The number of carbonyl (C=O) groups is 4. The molecule has 3 aliphatic carbocycles. The minimum absolute atomic E-state index is 0.0824. The standard InChI is InChI=1S/C33H38N4O9/c1-14-16-11-12-17(35-32(45)18(36(2)3)13-15-9-7-6-8-10-15)25(38)20(16)26(39)21-19(14)27(40)23-24(37(4)5)28(41)22(31(34)44)30(43)33(23,46)29(21)42/h6-12,14,18-19,23-24,27,38,40-42,46H,13H2,1-5H3,(H2,34,44)(H,35,45)/t14?,18-,19?,23?,24-,27?,33-/m0/s1. The highest BCUT2D eigenvalue weighted by molar-refractivity contribution is 6.25. The minimum Gasteiger partial charge on any atom is -0.510 e. The number of anilines is 1. The summed E-state index contributed by atoms with van der Waals surface area (Å²) >= 11 is 0. The third-order valence-electron chi connectivity index (χ3n) is 9.59. The summed E-state index contributed by atoms with van der Waals surface area (Å²) < 4.78 is 0. The largest absolute Gasteiger partial charge is 0.510 e. The molecule has 4 unspecified atom stereocenters. The Morgan fingerprint density at radius 2 is 1.65 bits per heavy atom. The zero-order valence-electron chi connectivity index (χ0n) is 26.1. The topological polar surface area (TPSA) is 214 Å². The second-order valence-electron chi connectivity index (χ2n) is 12.6. The zero-order valence-corrected chi connectivity index (χ0v) is 26.1. The highest BCUT2D eigenvalue weighted by Gasteiger charge is 2.67. The number of phenols is 1. The number of hydrogen-bond acceptors (Lipinski definition) is 11. The van der Waals surface area contributed by atoms with Crippen molar-refractivity contribution in [2.45, 2.75) is 43.1 Å². The van der Waals surface area contributed by atoms with Crippen LogP contribution in [-0.2, 0) is 20.8 Å². The maximum Gasteiger partial charge on any atom is 0.255 e. The van der Waals surface area contributed by atoms with E-state index in [0.29, 0.717) is 12.0 Å². The van der Waals surface area contributed by atoms with Gasteiger partial charge in [0.1, 0.15) is 17.1 Å². The number of nitrogens with one attached hydrogen (secondary N) is 1. The van der Waals surface area contributed by atoms with E-state index in [-0.39, 0.29) is 11.3 Å². The van der Waals surface area contributed by atoms with Gasteiger partial charge in [0, 0.05) is 11.5 Å². The summed E-state index contributed by atoms with van der Waals surface area (Å²) in [6, 6.07) is 10.3. The third kappa shape index (κ3) is 4.78. The Labute approximate surface area is 265 Å². The molecule has 46 heavy (non-hydrogen) atoms. The van der Waals surface area contributed by atoms with Gasteiger partial charge in [0.15, 0.2) is 17.1 Å². The Morgan fingerprint density at radius 1 is 1.02 bits per heavy atom. The first-order valence-corrected chi connectivity index (χ1v) is 14.8. The van der Waals surface area contributed by atoms with Crippen molar-refractivity contribution >= 4 is 29.1 Å². The number of hydrogen-bond donors (Lipinski definition) is 7. The van der Waals surface area contributed by atoms with Crippen molar-refractivity contribution in [3.63, 3.8) is 0 Å². The number of aromatic hydroxyl groups is 1. The number of Topliss-reactive ketones (excluding diaryl/α,β-unsaturated/α-hetero) is 2. The summed E-state index contributed by atoms with van der Waals surface area (Å²) in [5.41, 5.74) is 1.69. The molecule has 0 radical (unpaired) electrons. The molecule has 3 aliphatic rings. The molecule has 13 nitrogen and oxygen atoms in total. The summed E-state index contributed by atoms with van der Waals surface area (Å²) in [6.45, 7) is 1.64. The molecule has 0 bridgehead atoms. The van der Waals surface area contributed by atoms with Gasteiger partial charge in [-0.15, -0.1) is 0 Å². The van der Waals surface area contributed by atoms with Gasteiger partial charge in [-0.2, -0.15) is 0 Å². The number of rotatable bonds is 7. The number of benzene rings is 2. The SMILES string of the molecule is CC1c2ccc(NC(=O)[C@H](Cc3ccccc3)N(C)C)c(O)c2C(=O)C2=C(O)[C@]3(O)C(=O)C(C(N)=O)=C(O)[C@@H](N(C)C)C3C(O)C21. The van der Waals surface area contributed by atoms with Crippen LogP contribution in [0.4, 0.5) is 5.69 Å². The fourth-order valence-electron chi connectivity index (χ4n) is 7.29. The minimum atomic E-state index is -3.01. The van der Waals surface area contributed by atoms with Crippen molar-refractivity contribution in [1.82, 2.24) is 9.80 Å². The third-order valence-corrected chi connectivity index (χ3v) is 9.59. The number of nitrogens with zero attached hydrogens (tertiary/aromatic N) is 2. The lowest BCUT2D eigenvalue weighted by atomic mass is 9.55. The Hall–Kier alpha value is -4.56. The normalized spacial score (nSPS) is 28.2. The number of aliphatic hydroxyl groups excluding tert-OH is 3. The first-order chi connectivity index (χ1) is 21.5.